The molecule has 1 aliphatic rings. The van der Waals surface area contributed by atoms with Crippen molar-refractivity contribution in [2.75, 3.05) is 19.6 Å². The molecule has 0 aliphatic carbocycles. The van der Waals surface area contributed by atoms with E-state index in [1.54, 1.807) is 4.90 Å². The Morgan fingerprint density at radius 2 is 2.18 bits per heavy atom. The first-order valence-corrected chi connectivity index (χ1v) is 5.70. The van der Waals surface area contributed by atoms with Crippen LogP contribution < -0.4 is 5.32 Å². The van der Waals surface area contributed by atoms with E-state index in [1.165, 1.54) is 0 Å². The van der Waals surface area contributed by atoms with Gasteiger partial charge in [-0.2, -0.15) is 5.26 Å². The van der Waals surface area contributed by atoms with Gasteiger partial charge in [-0.1, -0.05) is 17.7 Å². The number of carbonyl (C=O) groups excluding carboxylic acids is 1. The summed E-state index contributed by atoms with van der Waals surface area (Å²) in [4.78, 5) is 13.9. The average molecular weight is 229 g/mol. The summed E-state index contributed by atoms with van der Waals surface area (Å²) in [5.41, 5.74) is 1.77. The molecule has 1 N–H and O–H groups in total. The Morgan fingerprint density at radius 1 is 1.47 bits per heavy atom. The van der Waals surface area contributed by atoms with E-state index in [2.05, 4.69) is 11.4 Å². The van der Waals surface area contributed by atoms with E-state index >= 15 is 0 Å². The maximum atomic E-state index is 12.2. The highest BCUT2D eigenvalue weighted by molar-refractivity contribution is 5.94. The van der Waals surface area contributed by atoms with E-state index < -0.39 is 0 Å². The van der Waals surface area contributed by atoms with Crippen LogP contribution in [0.3, 0.4) is 0 Å². The normalized spacial score (nSPS) is 19.8. The first-order chi connectivity index (χ1) is 8.22. The van der Waals surface area contributed by atoms with Gasteiger partial charge in [-0.05, 0) is 19.1 Å². The number of amides is 1. The fraction of sp³-hybridized carbons (Fsp3) is 0.385. The number of hydrogen-bond acceptors (Lipinski definition) is 3. The lowest BCUT2D eigenvalue weighted by molar-refractivity contribution is 0.0687. The second-order valence-electron chi connectivity index (χ2n) is 4.21. The lowest BCUT2D eigenvalue weighted by Gasteiger charge is -2.32. The summed E-state index contributed by atoms with van der Waals surface area (Å²) in [7, 11) is 0. The molecule has 1 aliphatic heterocycles. The van der Waals surface area contributed by atoms with Crippen LogP contribution in [0.15, 0.2) is 24.3 Å². The number of rotatable bonds is 1. The van der Waals surface area contributed by atoms with Gasteiger partial charge in [-0.3, -0.25) is 4.79 Å². The number of piperazine rings is 1. The topological polar surface area (TPSA) is 56.1 Å². The van der Waals surface area contributed by atoms with Crippen LogP contribution in [0.1, 0.15) is 15.9 Å². The Hall–Kier alpha value is -1.86. The molecule has 1 atom stereocenters. The molecule has 1 heterocycles. The number of aryl methyl sites for hydroxylation is 1. The minimum Gasteiger partial charge on any atom is -0.320 e. The van der Waals surface area contributed by atoms with Crippen molar-refractivity contribution in [1.82, 2.24) is 10.2 Å². The second kappa shape index (κ2) is 4.98. The standard InChI is InChI=1S/C13H15N3O/c1-10-2-4-11(5-3-10)13(17)16-7-6-15-9-12(16)8-14/h2-5,12,15H,6-7,9H2,1H3. The molecule has 88 valence electrons. The van der Waals surface area contributed by atoms with Crippen LogP contribution in [-0.4, -0.2) is 36.5 Å². The van der Waals surface area contributed by atoms with Gasteiger partial charge in [-0.25, -0.2) is 0 Å². The Labute approximate surface area is 101 Å². The zero-order valence-electron chi connectivity index (χ0n) is 9.81. The van der Waals surface area contributed by atoms with Gasteiger partial charge < -0.3 is 10.2 Å². The van der Waals surface area contributed by atoms with Crippen molar-refractivity contribution in [2.24, 2.45) is 0 Å². The maximum Gasteiger partial charge on any atom is 0.255 e. The van der Waals surface area contributed by atoms with Gasteiger partial charge in [0.1, 0.15) is 6.04 Å². The molecule has 17 heavy (non-hydrogen) atoms. The van der Waals surface area contributed by atoms with Crippen molar-refractivity contribution in [3.05, 3.63) is 35.4 Å². The molecule has 2 rings (SSSR count). The van der Waals surface area contributed by atoms with Crippen LogP contribution in [0, 0.1) is 18.3 Å². The summed E-state index contributed by atoms with van der Waals surface area (Å²) in [6.45, 7) is 3.87. The van der Waals surface area contributed by atoms with Gasteiger partial charge in [0.25, 0.3) is 5.91 Å². The van der Waals surface area contributed by atoms with E-state index in [0.717, 1.165) is 12.1 Å². The van der Waals surface area contributed by atoms with Crippen molar-refractivity contribution < 1.29 is 4.79 Å². The summed E-state index contributed by atoms with van der Waals surface area (Å²) < 4.78 is 0. The minimum absolute atomic E-state index is 0.0574. The van der Waals surface area contributed by atoms with Crippen molar-refractivity contribution in [3.8, 4) is 6.07 Å². The Balaban J connectivity index is 2.18. The Morgan fingerprint density at radius 3 is 2.82 bits per heavy atom. The summed E-state index contributed by atoms with van der Waals surface area (Å²) in [6.07, 6.45) is 0. The zero-order chi connectivity index (χ0) is 12.3. The van der Waals surface area contributed by atoms with Crippen LogP contribution in [-0.2, 0) is 0 Å². The third-order valence-corrected chi connectivity index (χ3v) is 2.95. The summed E-state index contributed by atoms with van der Waals surface area (Å²) >= 11 is 0. The predicted molar refractivity (Wildman–Crippen MR) is 64.5 cm³/mol. The highest BCUT2D eigenvalue weighted by atomic mass is 16.2. The molecule has 1 saturated heterocycles. The van der Waals surface area contributed by atoms with Crippen molar-refractivity contribution >= 4 is 5.91 Å². The van der Waals surface area contributed by atoms with Crippen LogP contribution in [0.25, 0.3) is 0 Å². The van der Waals surface area contributed by atoms with E-state index in [4.69, 9.17) is 5.26 Å². The van der Waals surface area contributed by atoms with Crippen LogP contribution >= 0.6 is 0 Å². The van der Waals surface area contributed by atoms with Gasteiger partial charge in [-0.15, -0.1) is 0 Å². The zero-order valence-corrected chi connectivity index (χ0v) is 9.81. The fourth-order valence-electron chi connectivity index (χ4n) is 1.92. The highest BCUT2D eigenvalue weighted by Crippen LogP contribution is 2.11. The first kappa shape index (κ1) is 11.6. The number of nitrogens with zero attached hydrogens (tertiary/aromatic N) is 2. The van der Waals surface area contributed by atoms with Gasteiger partial charge in [0.2, 0.25) is 0 Å². The molecular weight excluding hydrogens is 214 g/mol. The number of nitriles is 1. The lowest BCUT2D eigenvalue weighted by atomic mass is 10.1. The SMILES string of the molecule is Cc1ccc(C(=O)N2CCNCC2C#N)cc1. The minimum atomic E-state index is -0.363. The molecule has 0 saturated carbocycles. The first-order valence-electron chi connectivity index (χ1n) is 5.70. The lowest BCUT2D eigenvalue weighted by Crippen LogP contribution is -2.53. The molecule has 1 unspecified atom stereocenters. The largest absolute Gasteiger partial charge is 0.320 e. The van der Waals surface area contributed by atoms with Gasteiger partial charge in [0.05, 0.1) is 6.07 Å². The molecule has 0 bridgehead atoms. The Bertz CT molecular complexity index is 447. The maximum absolute atomic E-state index is 12.2. The summed E-state index contributed by atoms with van der Waals surface area (Å²) in [5, 5.41) is 12.1. The van der Waals surface area contributed by atoms with Crippen molar-refractivity contribution in [1.29, 1.82) is 5.26 Å². The van der Waals surface area contributed by atoms with Crippen molar-refractivity contribution in [2.45, 2.75) is 13.0 Å². The van der Waals surface area contributed by atoms with E-state index in [9.17, 15) is 4.79 Å². The number of nitrogens with one attached hydrogen (secondary N) is 1. The molecule has 0 radical (unpaired) electrons. The summed E-state index contributed by atoms with van der Waals surface area (Å²) in [6, 6.07) is 9.25. The van der Waals surface area contributed by atoms with Crippen LogP contribution in [0.4, 0.5) is 0 Å². The molecule has 1 aromatic carbocycles. The fourth-order valence-corrected chi connectivity index (χ4v) is 1.92. The molecule has 0 spiro atoms. The Kier molecular flexibility index (Phi) is 3.40. The number of carbonyl (C=O) groups is 1. The molecule has 0 aromatic heterocycles. The van der Waals surface area contributed by atoms with E-state index in [-0.39, 0.29) is 11.9 Å². The number of benzene rings is 1. The number of hydrogen-bond donors (Lipinski definition) is 1. The smallest absolute Gasteiger partial charge is 0.255 e. The van der Waals surface area contributed by atoms with Crippen LogP contribution in [0.2, 0.25) is 0 Å². The van der Waals surface area contributed by atoms with E-state index in [1.807, 2.05) is 31.2 Å². The van der Waals surface area contributed by atoms with Gasteiger partial charge >= 0.3 is 0 Å². The summed E-state index contributed by atoms with van der Waals surface area (Å²) in [5.74, 6) is -0.0574. The monoisotopic (exact) mass is 229 g/mol. The van der Waals surface area contributed by atoms with Gasteiger partial charge in [0.15, 0.2) is 0 Å². The molecule has 1 amide bonds. The third kappa shape index (κ3) is 2.45. The molecule has 1 aromatic rings. The molecule has 4 nitrogen and oxygen atoms in total. The molecule has 4 heteroatoms. The van der Waals surface area contributed by atoms with Gasteiger partial charge in [0, 0.05) is 25.2 Å². The third-order valence-electron chi connectivity index (χ3n) is 2.95. The molecule has 1 fully saturated rings. The second-order valence-corrected chi connectivity index (χ2v) is 4.21. The van der Waals surface area contributed by atoms with Crippen LogP contribution in [0.5, 0.6) is 0 Å². The van der Waals surface area contributed by atoms with Crippen molar-refractivity contribution in [3.63, 3.8) is 0 Å². The quantitative estimate of drug-likeness (QED) is 0.779. The van der Waals surface area contributed by atoms with E-state index in [0.29, 0.717) is 18.7 Å². The average Bonchev–Trinajstić information content (AvgIpc) is 2.39. The highest BCUT2D eigenvalue weighted by Gasteiger charge is 2.26. The predicted octanol–water partition coefficient (Wildman–Crippen LogP) is 0.933. The molecular formula is C13H15N3O.